The van der Waals surface area contributed by atoms with E-state index in [1.165, 1.54) is 6.07 Å². The molecule has 0 aromatic heterocycles. The van der Waals surface area contributed by atoms with Crippen molar-refractivity contribution in [3.8, 4) is 0 Å². The van der Waals surface area contributed by atoms with Crippen LogP contribution in [0.2, 0.25) is 0 Å². The van der Waals surface area contributed by atoms with E-state index in [0.29, 0.717) is 17.6 Å². The van der Waals surface area contributed by atoms with Crippen LogP contribution in [0.1, 0.15) is 0 Å². The van der Waals surface area contributed by atoms with Gasteiger partial charge in [-0.1, -0.05) is 0 Å². The van der Waals surface area contributed by atoms with Crippen LogP contribution < -0.4 is 4.90 Å². The van der Waals surface area contributed by atoms with E-state index in [1.54, 1.807) is 12.1 Å². The van der Waals surface area contributed by atoms with Crippen molar-refractivity contribution in [2.24, 2.45) is 0 Å². The molecule has 1 fully saturated rings. The first-order valence-corrected chi connectivity index (χ1v) is 7.90. The Balaban J connectivity index is 2.21. The first-order valence-electron chi connectivity index (χ1n) is 5.28. The third-order valence-corrected chi connectivity index (χ3v) is 5.08. The summed E-state index contributed by atoms with van der Waals surface area (Å²) in [4.78, 5) is 12.1. The summed E-state index contributed by atoms with van der Waals surface area (Å²) in [5, 5.41) is 10.7. The minimum Gasteiger partial charge on any atom is -0.369 e. The van der Waals surface area contributed by atoms with E-state index in [9.17, 15) is 18.5 Å². The largest absolute Gasteiger partial charge is 0.369 e. The molecule has 0 radical (unpaired) electrons. The molecule has 8 heteroatoms. The predicted molar refractivity (Wildman–Crippen MR) is 71.7 cm³/mol. The van der Waals surface area contributed by atoms with Crippen LogP contribution in [0.5, 0.6) is 0 Å². The molecule has 1 saturated heterocycles. The molecule has 18 heavy (non-hydrogen) atoms. The smallest absolute Gasteiger partial charge is 0.283 e. The molecule has 0 N–H and O–H groups in total. The van der Waals surface area contributed by atoms with E-state index >= 15 is 0 Å². The number of benzene rings is 1. The van der Waals surface area contributed by atoms with Gasteiger partial charge in [-0.3, -0.25) is 10.1 Å². The number of rotatable bonds is 2. The van der Waals surface area contributed by atoms with Crippen molar-refractivity contribution in [1.82, 2.24) is 0 Å². The Morgan fingerprint density at radius 2 is 1.89 bits per heavy atom. The summed E-state index contributed by atoms with van der Waals surface area (Å²) in [6, 6.07) is 4.71. The molecule has 0 spiro atoms. The van der Waals surface area contributed by atoms with Gasteiger partial charge in [0.15, 0.2) is 9.84 Å². The van der Waals surface area contributed by atoms with Crippen LogP contribution in [0.15, 0.2) is 22.7 Å². The van der Waals surface area contributed by atoms with Crippen LogP contribution in [-0.4, -0.2) is 37.9 Å². The summed E-state index contributed by atoms with van der Waals surface area (Å²) < 4.78 is 23.0. The predicted octanol–water partition coefficient (Wildman–Crippen LogP) is 1.59. The lowest BCUT2D eigenvalue weighted by Crippen LogP contribution is -2.40. The third kappa shape index (κ3) is 2.81. The molecular formula is C10H11BrN2O4S. The van der Waals surface area contributed by atoms with Gasteiger partial charge in [-0.05, 0) is 28.1 Å². The summed E-state index contributed by atoms with van der Waals surface area (Å²) in [5.74, 6) is 0.253. The first-order chi connectivity index (χ1) is 8.39. The molecule has 0 unspecified atom stereocenters. The van der Waals surface area contributed by atoms with Crippen LogP contribution in [0, 0.1) is 10.1 Å². The minimum absolute atomic E-state index is 0.00313. The summed E-state index contributed by atoms with van der Waals surface area (Å²) in [5.41, 5.74) is 0.797. The Labute approximate surface area is 113 Å². The molecule has 98 valence electrons. The second-order valence-corrected chi connectivity index (χ2v) is 7.19. The highest BCUT2D eigenvalue weighted by Crippen LogP contribution is 2.30. The SMILES string of the molecule is O=[N+]([O-])c1ccc(N2CCS(=O)(=O)CC2)cc1Br. The van der Waals surface area contributed by atoms with Gasteiger partial charge in [-0.2, -0.15) is 0 Å². The topological polar surface area (TPSA) is 80.5 Å². The minimum atomic E-state index is -2.92. The van der Waals surface area contributed by atoms with Gasteiger partial charge in [0, 0.05) is 24.8 Å². The number of halogens is 1. The molecule has 1 aromatic carbocycles. The van der Waals surface area contributed by atoms with Gasteiger partial charge in [0.05, 0.1) is 20.9 Å². The van der Waals surface area contributed by atoms with Crippen LogP contribution in [0.4, 0.5) is 11.4 Å². The maximum absolute atomic E-state index is 11.3. The first kappa shape index (κ1) is 13.3. The molecular weight excluding hydrogens is 324 g/mol. The molecule has 0 aliphatic carbocycles. The average molecular weight is 335 g/mol. The molecule has 1 aliphatic heterocycles. The fourth-order valence-corrected chi connectivity index (χ4v) is 3.52. The lowest BCUT2D eigenvalue weighted by molar-refractivity contribution is -0.385. The van der Waals surface area contributed by atoms with Crippen molar-refractivity contribution >= 4 is 37.1 Å². The molecule has 0 bridgehead atoms. The van der Waals surface area contributed by atoms with Gasteiger partial charge in [0.1, 0.15) is 0 Å². The normalized spacial score (nSPS) is 18.6. The molecule has 2 rings (SSSR count). The monoisotopic (exact) mass is 334 g/mol. The summed E-state index contributed by atoms with van der Waals surface area (Å²) in [6.07, 6.45) is 0. The number of nitrogens with zero attached hydrogens (tertiary/aromatic N) is 2. The number of hydrogen-bond acceptors (Lipinski definition) is 5. The van der Waals surface area contributed by atoms with Gasteiger partial charge in [-0.25, -0.2) is 8.42 Å². The second kappa shape index (κ2) is 4.85. The summed E-state index contributed by atoms with van der Waals surface area (Å²) in [7, 11) is -2.92. The number of hydrogen-bond donors (Lipinski definition) is 0. The Morgan fingerprint density at radius 3 is 2.39 bits per heavy atom. The Morgan fingerprint density at radius 1 is 1.28 bits per heavy atom. The third-order valence-electron chi connectivity index (χ3n) is 2.84. The van der Waals surface area contributed by atoms with E-state index in [1.807, 2.05) is 4.90 Å². The number of nitro groups is 1. The highest BCUT2D eigenvalue weighted by atomic mass is 79.9. The van der Waals surface area contributed by atoms with Gasteiger partial charge >= 0.3 is 0 Å². The number of anilines is 1. The molecule has 1 aromatic rings. The van der Waals surface area contributed by atoms with Crippen LogP contribution >= 0.6 is 15.9 Å². The van der Waals surface area contributed by atoms with Crippen LogP contribution in [-0.2, 0) is 9.84 Å². The number of sulfone groups is 1. The quantitative estimate of drug-likeness (QED) is 0.606. The number of nitro benzene ring substituents is 1. The fourth-order valence-electron chi connectivity index (χ4n) is 1.81. The van der Waals surface area contributed by atoms with E-state index in [2.05, 4.69) is 15.9 Å². The van der Waals surface area contributed by atoms with E-state index in [4.69, 9.17) is 0 Å². The lowest BCUT2D eigenvalue weighted by atomic mass is 10.2. The van der Waals surface area contributed by atoms with Gasteiger partial charge in [0.2, 0.25) is 0 Å². The van der Waals surface area contributed by atoms with Crippen molar-refractivity contribution in [1.29, 1.82) is 0 Å². The molecule has 1 aliphatic rings. The Bertz CT molecular complexity index is 574. The van der Waals surface area contributed by atoms with E-state index < -0.39 is 14.8 Å². The molecule has 6 nitrogen and oxygen atoms in total. The molecule has 0 amide bonds. The van der Waals surface area contributed by atoms with Gasteiger partial charge < -0.3 is 4.90 Å². The summed E-state index contributed by atoms with van der Waals surface area (Å²) >= 11 is 3.15. The standard InChI is InChI=1S/C10H11BrN2O4S/c11-9-7-8(1-2-10(9)13(14)15)12-3-5-18(16,17)6-4-12/h1-2,7H,3-6H2. The maximum atomic E-state index is 11.3. The van der Waals surface area contributed by atoms with E-state index in [-0.39, 0.29) is 17.2 Å². The van der Waals surface area contributed by atoms with Crippen LogP contribution in [0.3, 0.4) is 0 Å². The highest BCUT2D eigenvalue weighted by molar-refractivity contribution is 9.10. The van der Waals surface area contributed by atoms with E-state index in [0.717, 1.165) is 5.69 Å². The summed E-state index contributed by atoms with van der Waals surface area (Å²) in [6.45, 7) is 0.846. The van der Waals surface area contributed by atoms with Crippen molar-refractivity contribution in [3.05, 3.63) is 32.8 Å². The Kier molecular flexibility index (Phi) is 3.58. The lowest BCUT2D eigenvalue weighted by Gasteiger charge is -2.28. The molecule has 0 atom stereocenters. The van der Waals surface area contributed by atoms with Gasteiger partial charge in [0.25, 0.3) is 5.69 Å². The maximum Gasteiger partial charge on any atom is 0.283 e. The highest BCUT2D eigenvalue weighted by Gasteiger charge is 2.23. The average Bonchev–Trinajstić information content (AvgIpc) is 2.28. The molecule has 0 saturated carbocycles. The zero-order valence-corrected chi connectivity index (χ0v) is 11.8. The Hall–Kier alpha value is -1.15. The zero-order chi connectivity index (χ0) is 13.3. The van der Waals surface area contributed by atoms with Crippen molar-refractivity contribution in [2.75, 3.05) is 29.5 Å². The fraction of sp³-hybridized carbons (Fsp3) is 0.400. The van der Waals surface area contributed by atoms with Crippen molar-refractivity contribution in [2.45, 2.75) is 0 Å². The van der Waals surface area contributed by atoms with Crippen LogP contribution in [0.25, 0.3) is 0 Å². The second-order valence-electron chi connectivity index (χ2n) is 4.03. The molecule has 1 heterocycles. The zero-order valence-electron chi connectivity index (χ0n) is 9.37. The van der Waals surface area contributed by atoms with Crippen molar-refractivity contribution in [3.63, 3.8) is 0 Å². The van der Waals surface area contributed by atoms with Gasteiger partial charge in [-0.15, -0.1) is 0 Å². The van der Waals surface area contributed by atoms with Crippen molar-refractivity contribution < 1.29 is 13.3 Å².